The van der Waals surface area contributed by atoms with E-state index in [0.717, 1.165) is 13.0 Å². The predicted molar refractivity (Wildman–Crippen MR) is 69.8 cm³/mol. The number of hydrogen-bond donors (Lipinski definition) is 0. The van der Waals surface area contributed by atoms with Crippen molar-refractivity contribution in [2.45, 2.75) is 12.8 Å². The third-order valence-corrected chi connectivity index (χ3v) is 3.15. The van der Waals surface area contributed by atoms with Crippen LogP contribution >= 0.6 is 0 Å². The van der Waals surface area contributed by atoms with Crippen molar-refractivity contribution >= 4 is 5.78 Å². The summed E-state index contributed by atoms with van der Waals surface area (Å²) in [5.41, 5.74) is 1.38. The van der Waals surface area contributed by atoms with Crippen LogP contribution in [0.15, 0.2) is 41.6 Å². The SMILES string of the molecule is N#CCN1CCCC1=C(C#N)C(=O)c1ccccc1. The normalized spacial score (nSPS) is 16.6. The van der Waals surface area contributed by atoms with Gasteiger partial charge in [-0.2, -0.15) is 10.5 Å². The monoisotopic (exact) mass is 251 g/mol. The van der Waals surface area contributed by atoms with Gasteiger partial charge in [-0.15, -0.1) is 0 Å². The average Bonchev–Trinajstić information content (AvgIpc) is 2.89. The van der Waals surface area contributed by atoms with Gasteiger partial charge in [-0.3, -0.25) is 4.79 Å². The molecule has 0 bridgehead atoms. The van der Waals surface area contributed by atoms with Gasteiger partial charge in [0.1, 0.15) is 18.2 Å². The summed E-state index contributed by atoms with van der Waals surface area (Å²) < 4.78 is 0. The van der Waals surface area contributed by atoms with Crippen molar-refractivity contribution in [3.05, 3.63) is 47.2 Å². The predicted octanol–water partition coefficient (Wildman–Crippen LogP) is 2.27. The van der Waals surface area contributed by atoms with Crippen LogP contribution in [0.3, 0.4) is 0 Å². The molecule has 2 rings (SSSR count). The molecule has 0 saturated carbocycles. The van der Waals surface area contributed by atoms with Gasteiger partial charge >= 0.3 is 0 Å². The Morgan fingerprint density at radius 3 is 2.63 bits per heavy atom. The molecule has 94 valence electrons. The molecule has 0 spiro atoms. The molecule has 0 aliphatic carbocycles. The number of hydrogen-bond acceptors (Lipinski definition) is 4. The molecule has 1 heterocycles. The first-order valence-corrected chi connectivity index (χ1v) is 6.13. The smallest absolute Gasteiger partial charge is 0.205 e. The molecule has 4 heteroatoms. The van der Waals surface area contributed by atoms with E-state index < -0.39 is 0 Å². The van der Waals surface area contributed by atoms with Gasteiger partial charge < -0.3 is 4.90 Å². The molecule has 1 aromatic carbocycles. The van der Waals surface area contributed by atoms with Gasteiger partial charge in [0.25, 0.3) is 0 Å². The van der Waals surface area contributed by atoms with Crippen LogP contribution in [0.5, 0.6) is 0 Å². The zero-order chi connectivity index (χ0) is 13.7. The molecule has 1 aromatic rings. The van der Waals surface area contributed by atoms with E-state index in [0.29, 0.717) is 17.7 Å². The minimum Gasteiger partial charge on any atom is -0.360 e. The van der Waals surface area contributed by atoms with Crippen molar-refractivity contribution in [1.82, 2.24) is 4.90 Å². The lowest BCUT2D eigenvalue weighted by Crippen LogP contribution is -2.21. The Balaban J connectivity index is 2.38. The summed E-state index contributed by atoms with van der Waals surface area (Å²) in [5.74, 6) is -0.261. The fraction of sp³-hybridized carbons (Fsp3) is 0.267. The molecular formula is C15H13N3O. The summed E-state index contributed by atoms with van der Waals surface area (Å²) in [6.45, 7) is 0.957. The second-order valence-corrected chi connectivity index (χ2v) is 4.31. The molecule has 4 nitrogen and oxygen atoms in total. The minimum absolute atomic E-state index is 0.166. The lowest BCUT2D eigenvalue weighted by Gasteiger charge is -2.17. The van der Waals surface area contributed by atoms with Crippen molar-refractivity contribution < 1.29 is 4.79 Å². The van der Waals surface area contributed by atoms with E-state index in [-0.39, 0.29) is 17.9 Å². The van der Waals surface area contributed by atoms with Crippen LogP contribution in [0, 0.1) is 22.7 Å². The molecule has 0 N–H and O–H groups in total. The average molecular weight is 251 g/mol. The van der Waals surface area contributed by atoms with Crippen molar-refractivity contribution in [2.75, 3.05) is 13.1 Å². The van der Waals surface area contributed by atoms with Crippen LogP contribution in [0.2, 0.25) is 0 Å². The topological polar surface area (TPSA) is 67.9 Å². The summed E-state index contributed by atoms with van der Waals surface area (Å²) in [6.07, 6.45) is 1.56. The number of Topliss-reactive ketones (excluding diaryl/α,β-unsaturated/α-hetero) is 1. The second-order valence-electron chi connectivity index (χ2n) is 4.31. The number of benzene rings is 1. The number of nitriles is 2. The van der Waals surface area contributed by atoms with Crippen molar-refractivity contribution in [1.29, 1.82) is 10.5 Å². The van der Waals surface area contributed by atoms with E-state index in [4.69, 9.17) is 5.26 Å². The van der Waals surface area contributed by atoms with E-state index in [1.807, 2.05) is 17.0 Å². The van der Waals surface area contributed by atoms with Gasteiger partial charge in [-0.05, 0) is 12.8 Å². The number of ketones is 1. The highest BCUT2D eigenvalue weighted by atomic mass is 16.1. The van der Waals surface area contributed by atoms with E-state index in [9.17, 15) is 10.1 Å². The van der Waals surface area contributed by atoms with E-state index >= 15 is 0 Å². The summed E-state index contributed by atoms with van der Waals surface area (Å²) in [6, 6.07) is 12.8. The molecule has 1 aliphatic rings. The van der Waals surface area contributed by atoms with Crippen LogP contribution in [0.4, 0.5) is 0 Å². The van der Waals surface area contributed by atoms with Crippen molar-refractivity contribution in [2.24, 2.45) is 0 Å². The van der Waals surface area contributed by atoms with Crippen LogP contribution in [0.1, 0.15) is 23.2 Å². The van der Waals surface area contributed by atoms with Crippen LogP contribution in [-0.2, 0) is 0 Å². The van der Waals surface area contributed by atoms with Gasteiger partial charge in [0.15, 0.2) is 0 Å². The molecule has 0 amide bonds. The molecule has 0 radical (unpaired) electrons. The Hall–Kier alpha value is -2.59. The van der Waals surface area contributed by atoms with Gasteiger partial charge in [0.2, 0.25) is 5.78 Å². The van der Waals surface area contributed by atoms with Crippen molar-refractivity contribution in [3.63, 3.8) is 0 Å². The first-order valence-electron chi connectivity index (χ1n) is 6.13. The van der Waals surface area contributed by atoms with E-state index in [2.05, 4.69) is 6.07 Å². The second kappa shape index (κ2) is 5.84. The number of nitrogens with zero attached hydrogens (tertiary/aromatic N) is 3. The Bertz CT molecular complexity index is 590. The molecule has 19 heavy (non-hydrogen) atoms. The standard InChI is InChI=1S/C15H13N3O/c16-8-10-18-9-4-7-14(18)13(11-17)15(19)12-5-2-1-3-6-12/h1-3,5-6H,4,7,9-10H2. The molecule has 1 aliphatic heterocycles. The zero-order valence-electron chi connectivity index (χ0n) is 10.5. The number of rotatable bonds is 3. The highest BCUT2D eigenvalue weighted by Crippen LogP contribution is 2.25. The molecular weight excluding hydrogens is 238 g/mol. The summed E-state index contributed by atoms with van der Waals surface area (Å²) in [4.78, 5) is 14.1. The van der Waals surface area contributed by atoms with Gasteiger partial charge in [-0.1, -0.05) is 30.3 Å². The van der Waals surface area contributed by atoms with Crippen LogP contribution in [-0.4, -0.2) is 23.8 Å². The highest BCUT2D eigenvalue weighted by Gasteiger charge is 2.24. The van der Waals surface area contributed by atoms with E-state index in [1.165, 1.54) is 0 Å². The first-order chi connectivity index (χ1) is 9.27. The number of allylic oxidation sites excluding steroid dienone is 2. The summed E-state index contributed by atoms with van der Waals surface area (Å²) >= 11 is 0. The minimum atomic E-state index is -0.261. The fourth-order valence-electron chi connectivity index (χ4n) is 2.25. The Kier molecular flexibility index (Phi) is 3.95. The summed E-state index contributed by atoms with van der Waals surface area (Å²) in [5, 5.41) is 18.0. The van der Waals surface area contributed by atoms with Crippen LogP contribution in [0.25, 0.3) is 0 Å². The lowest BCUT2D eigenvalue weighted by atomic mass is 10.0. The van der Waals surface area contributed by atoms with Gasteiger partial charge in [-0.25, -0.2) is 0 Å². The third-order valence-electron chi connectivity index (χ3n) is 3.15. The molecule has 1 fully saturated rings. The quantitative estimate of drug-likeness (QED) is 0.357. The fourth-order valence-corrected chi connectivity index (χ4v) is 2.25. The highest BCUT2D eigenvalue weighted by molar-refractivity contribution is 6.11. The number of carbonyl (C=O) groups excluding carboxylic acids is 1. The maximum atomic E-state index is 12.3. The third kappa shape index (κ3) is 2.64. The lowest BCUT2D eigenvalue weighted by molar-refractivity contribution is 0.103. The Morgan fingerprint density at radius 1 is 1.26 bits per heavy atom. The maximum Gasteiger partial charge on any atom is 0.205 e. The van der Waals surface area contributed by atoms with Gasteiger partial charge in [0, 0.05) is 17.8 Å². The largest absolute Gasteiger partial charge is 0.360 e. The summed E-state index contributed by atoms with van der Waals surface area (Å²) in [7, 11) is 0. The van der Waals surface area contributed by atoms with Crippen molar-refractivity contribution in [3.8, 4) is 12.1 Å². The zero-order valence-corrected chi connectivity index (χ0v) is 10.5. The first kappa shape index (κ1) is 12.9. The molecule has 0 aromatic heterocycles. The molecule has 0 atom stereocenters. The Morgan fingerprint density at radius 2 is 2.00 bits per heavy atom. The number of carbonyl (C=O) groups is 1. The molecule has 1 saturated heterocycles. The Labute approximate surface area is 112 Å². The van der Waals surface area contributed by atoms with Gasteiger partial charge in [0.05, 0.1) is 6.07 Å². The van der Waals surface area contributed by atoms with E-state index in [1.54, 1.807) is 24.3 Å². The maximum absolute atomic E-state index is 12.3. The number of likely N-dealkylation sites (tertiary alicyclic amines) is 1. The van der Waals surface area contributed by atoms with Crippen LogP contribution < -0.4 is 0 Å². The molecule has 0 unspecified atom stereocenters.